The van der Waals surface area contributed by atoms with Crippen LogP contribution in [0.1, 0.15) is 11.3 Å². The molecule has 2 rings (SSSR count). The van der Waals surface area contributed by atoms with Gasteiger partial charge in [-0.25, -0.2) is 9.79 Å². The summed E-state index contributed by atoms with van der Waals surface area (Å²) >= 11 is 0. The lowest BCUT2D eigenvalue weighted by Gasteiger charge is -2.09. The highest BCUT2D eigenvalue weighted by Gasteiger charge is 2.11. The van der Waals surface area contributed by atoms with Crippen LogP contribution in [0.2, 0.25) is 0 Å². The Bertz CT molecular complexity index is 878. The van der Waals surface area contributed by atoms with Crippen LogP contribution >= 0.6 is 0 Å². The largest absolute Gasteiger partial charge is 0.493 e. The van der Waals surface area contributed by atoms with E-state index in [2.05, 4.69) is 4.99 Å². The molecule has 0 saturated heterocycles. The van der Waals surface area contributed by atoms with Crippen molar-refractivity contribution in [1.29, 1.82) is 0 Å². The molecular weight excluding hydrogens is 298 g/mol. The number of ether oxygens (including phenoxy) is 2. The molecule has 0 aliphatic heterocycles. The Morgan fingerprint density at radius 2 is 1.70 bits per heavy atom. The Balaban J connectivity index is 2.50. The maximum Gasteiger partial charge on any atom is 0.330 e. The molecule has 0 unspecified atom stereocenters. The zero-order valence-corrected chi connectivity index (χ0v) is 13.8. The van der Waals surface area contributed by atoms with E-state index in [1.807, 2.05) is 0 Å². The topological polar surface area (TPSA) is 74.8 Å². The fraction of sp³-hybridized carbons (Fsp3) is 0.312. The fourth-order valence-corrected chi connectivity index (χ4v) is 2.15. The third-order valence-electron chi connectivity index (χ3n) is 3.68. The molecule has 0 aliphatic rings. The summed E-state index contributed by atoms with van der Waals surface area (Å²) in [5.41, 5.74) is 0.678. The average molecular weight is 317 g/mol. The van der Waals surface area contributed by atoms with Crippen molar-refractivity contribution in [1.82, 2.24) is 9.13 Å². The molecule has 1 heterocycles. The van der Waals surface area contributed by atoms with Crippen LogP contribution in [-0.2, 0) is 14.1 Å². The highest BCUT2D eigenvalue weighted by Crippen LogP contribution is 2.27. The third-order valence-corrected chi connectivity index (χ3v) is 3.68. The van der Waals surface area contributed by atoms with E-state index in [-0.39, 0.29) is 11.4 Å². The number of aliphatic imine (C=N–C) groups is 1. The zero-order chi connectivity index (χ0) is 17.1. The molecule has 0 radical (unpaired) electrons. The van der Waals surface area contributed by atoms with Crippen LogP contribution in [-0.4, -0.2) is 29.6 Å². The highest BCUT2D eigenvalue weighted by molar-refractivity contribution is 5.83. The molecule has 2 aromatic rings. The molecule has 23 heavy (non-hydrogen) atoms. The Hall–Kier alpha value is -2.83. The van der Waals surface area contributed by atoms with Gasteiger partial charge in [-0.2, -0.15) is 0 Å². The Morgan fingerprint density at radius 1 is 1.04 bits per heavy atom. The van der Waals surface area contributed by atoms with E-state index in [0.29, 0.717) is 17.2 Å². The normalized spacial score (nSPS) is 11.0. The van der Waals surface area contributed by atoms with E-state index in [4.69, 9.17) is 9.47 Å². The van der Waals surface area contributed by atoms with E-state index in [1.165, 1.54) is 11.6 Å². The van der Waals surface area contributed by atoms with Crippen LogP contribution in [0.25, 0.3) is 0 Å². The van der Waals surface area contributed by atoms with Crippen molar-refractivity contribution in [3.63, 3.8) is 0 Å². The van der Waals surface area contributed by atoms with E-state index >= 15 is 0 Å². The van der Waals surface area contributed by atoms with Crippen molar-refractivity contribution < 1.29 is 9.47 Å². The smallest absolute Gasteiger partial charge is 0.330 e. The number of aromatic nitrogens is 2. The number of hydrogen-bond donors (Lipinski definition) is 0. The number of nitrogens with zero attached hydrogens (tertiary/aromatic N) is 3. The number of rotatable bonds is 4. The fourth-order valence-electron chi connectivity index (χ4n) is 2.15. The highest BCUT2D eigenvalue weighted by atomic mass is 16.5. The van der Waals surface area contributed by atoms with Crippen molar-refractivity contribution in [3.05, 3.63) is 50.3 Å². The summed E-state index contributed by atoms with van der Waals surface area (Å²) in [6.07, 6.45) is 1.55. The Kier molecular flexibility index (Phi) is 4.68. The van der Waals surface area contributed by atoms with Crippen molar-refractivity contribution in [2.45, 2.75) is 6.92 Å². The van der Waals surface area contributed by atoms with Gasteiger partial charge >= 0.3 is 5.69 Å². The summed E-state index contributed by atoms with van der Waals surface area (Å²) in [6.45, 7) is 1.68. The molecular formula is C16H19N3O4. The van der Waals surface area contributed by atoms with E-state index in [0.717, 1.165) is 10.1 Å². The molecule has 0 atom stereocenters. The minimum Gasteiger partial charge on any atom is -0.493 e. The molecule has 0 aliphatic carbocycles. The zero-order valence-electron chi connectivity index (χ0n) is 13.8. The first kappa shape index (κ1) is 16.5. The van der Waals surface area contributed by atoms with Crippen LogP contribution in [0.15, 0.2) is 32.8 Å². The van der Waals surface area contributed by atoms with Crippen LogP contribution in [0.3, 0.4) is 0 Å². The van der Waals surface area contributed by atoms with Crippen LogP contribution in [0.5, 0.6) is 11.5 Å². The number of benzene rings is 1. The second-order valence-electron chi connectivity index (χ2n) is 5.01. The number of methoxy groups -OCH3 is 2. The summed E-state index contributed by atoms with van der Waals surface area (Å²) in [6, 6.07) is 5.31. The van der Waals surface area contributed by atoms with Gasteiger partial charge in [0, 0.05) is 20.3 Å². The van der Waals surface area contributed by atoms with E-state index in [1.54, 1.807) is 52.6 Å². The van der Waals surface area contributed by atoms with Gasteiger partial charge in [-0.05, 0) is 30.7 Å². The Morgan fingerprint density at radius 3 is 2.30 bits per heavy atom. The summed E-state index contributed by atoms with van der Waals surface area (Å²) < 4.78 is 12.8. The first-order chi connectivity index (χ1) is 10.9. The minimum atomic E-state index is -0.428. The summed E-state index contributed by atoms with van der Waals surface area (Å²) in [5.74, 6) is 1.18. The maximum atomic E-state index is 12.2. The lowest BCUT2D eigenvalue weighted by molar-refractivity contribution is 0.355. The third kappa shape index (κ3) is 3.03. The van der Waals surface area contributed by atoms with Gasteiger partial charge in [0.1, 0.15) is 5.69 Å². The van der Waals surface area contributed by atoms with Crippen molar-refractivity contribution in [2.75, 3.05) is 14.2 Å². The quantitative estimate of drug-likeness (QED) is 0.793. The van der Waals surface area contributed by atoms with Crippen molar-refractivity contribution in [3.8, 4) is 11.5 Å². The first-order valence-corrected chi connectivity index (χ1v) is 6.93. The van der Waals surface area contributed by atoms with Gasteiger partial charge in [0.25, 0.3) is 5.56 Å². The molecule has 1 aromatic carbocycles. The monoisotopic (exact) mass is 317 g/mol. The second kappa shape index (κ2) is 6.51. The maximum absolute atomic E-state index is 12.2. The van der Waals surface area contributed by atoms with Gasteiger partial charge in [-0.3, -0.25) is 13.9 Å². The van der Waals surface area contributed by atoms with Gasteiger partial charge in [-0.1, -0.05) is 0 Å². The first-order valence-electron chi connectivity index (χ1n) is 6.93. The van der Waals surface area contributed by atoms with Gasteiger partial charge < -0.3 is 9.47 Å². The van der Waals surface area contributed by atoms with Gasteiger partial charge in [0.2, 0.25) is 0 Å². The average Bonchev–Trinajstić information content (AvgIpc) is 2.57. The summed E-state index contributed by atoms with van der Waals surface area (Å²) in [7, 11) is 6.14. The van der Waals surface area contributed by atoms with Gasteiger partial charge in [0.15, 0.2) is 11.5 Å². The van der Waals surface area contributed by atoms with E-state index < -0.39 is 5.56 Å². The molecule has 0 N–H and O–H groups in total. The van der Waals surface area contributed by atoms with Crippen molar-refractivity contribution >= 4 is 11.9 Å². The molecule has 0 saturated carbocycles. The molecule has 7 heteroatoms. The SMILES string of the molecule is COc1ccc(C=Nc2c(C)n(C)c(=O)n(C)c2=O)cc1OC. The molecule has 0 amide bonds. The molecule has 1 aromatic heterocycles. The predicted octanol–water partition coefficient (Wildman–Crippen LogP) is 1.16. The summed E-state index contributed by atoms with van der Waals surface area (Å²) in [5, 5.41) is 0. The molecule has 0 spiro atoms. The van der Waals surface area contributed by atoms with Gasteiger partial charge in [-0.15, -0.1) is 0 Å². The summed E-state index contributed by atoms with van der Waals surface area (Å²) in [4.78, 5) is 28.3. The molecule has 122 valence electrons. The Labute approximate surface area is 133 Å². The predicted molar refractivity (Wildman–Crippen MR) is 88.5 cm³/mol. The van der Waals surface area contributed by atoms with Crippen LogP contribution in [0.4, 0.5) is 5.69 Å². The molecule has 7 nitrogen and oxygen atoms in total. The number of hydrogen-bond acceptors (Lipinski definition) is 5. The lowest BCUT2D eigenvalue weighted by Crippen LogP contribution is -2.37. The standard InChI is InChI=1S/C16H19N3O4/c1-10-14(15(20)19(3)16(21)18(10)2)17-9-11-6-7-12(22-4)13(8-11)23-5/h6-9H,1-5H3. The molecule has 0 fully saturated rings. The second-order valence-corrected chi connectivity index (χ2v) is 5.01. The van der Waals surface area contributed by atoms with Crippen LogP contribution in [0, 0.1) is 6.92 Å². The van der Waals surface area contributed by atoms with E-state index in [9.17, 15) is 9.59 Å². The van der Waals surface area contributed by atoms with Crippen molar-refractivity contribution in [2.24, 2.45) is 19.1 Å². The minimum absolute atomic E-state index is 0.226. The van der Waals surface area contributed by atoms with Crippen LogP contribution < -0.4 is 20.7 Å². The molecule has 0 bridgehead atoms. The van der Waals surface area contributed by atoms with Gasteiger partial charge in [0.05, 0.1) is 19.9 Å². The lowest BCUT2D eigenvalue weighted by atomic mass is 10.2.